The molecule has 2 aromatic carbocycles. The summed E-state index contributed by atoms with van der Waals surface area (Å²) in [4.78, 5) is 0. The van der Waals surface area contributed by atoms with Gasteiger partial charge in [0.25, 0.3) is 0 Å². The van der Waals surface area contributed by atoms with Crippen molar-refractivity contribution in [3.8, 4) is 34.4 Å². The van der Waals surface area contributed by atoms with Crippen LogP contribution in [0.15, 0.2) is 97.3 Å². The molecule has 0 N–H and O–H groups in total. The molecule has 0 fully saturated rings. The molecule has 0 aliphatic rings. The number of benzene rings is 2. The van der Waals surface area contributed by atoms with E-state index >= 15 is 0 Å². The first kappa shape index (κ1) is 45.5. The third-order valence-corrected chi connectivity index (χ3v) is 9.79. The van der Waals surface area contributed by atoms with Crippen LogP contribution in [0.3, 0.4) is 0 Å². The van der Waals surface area contributed by atoms with Gasteiger partial charge in [-0.3, -0.25) is 0 Å². The highest BCUT2D eigenvalue weighted by Crippen LogP contribution is 2.27. The Kier molecular flexibility index (Phi) is 25.1. The van der Waals surface area contributed by atoms with Gasteiger partial charge in [0.2, 0.25) is 0 Å². The van der Waals surface area contributed by atoms with Crippen LogP contribution in [0.4, 0.5) is 0 Å². The fraction of sp³-hybridized carbons (Fsp3) is 0.522. The Morgan fingerprint density at radius 1 is 0.365 bits per heavy atom. The third kappa shape index (κ3) is 17.9. The molecule has 0 spiro atoms. The number of ether oxygens (including phenoxy) is 2. The van der Waals surface area contributed by atoms with E-state index in [4.69, 9.17) is 9.47 Å². The van der Waals surface area contributed by atoms with E-state index in [1.165, 1.54) is 128 Å². The number of rotatable bonds is 27. The van der Waals surface area contributed by atoms with Gasteiger partial charge in [0.05, 0.1) is 12.1 Å². The van der Waals surface area contributed by atoms with E-state index < -0.39 is 0 Å². The molecule has 0 atom stereocenters. The number of hydrogen-bond donors (Lipinski definition) is 0. The zero-order chi connectivity index (χ0) is 34.9. The summed E-state index contributed by atoms with van der Waals surface area (Å²) in [7, 11) is 0. The zero-order valence-corrected chi connectivity index (χ0v) is 35.4. The largest absolute Gasteiger partial charge is 1.00 e. The number of aryl methyl sites for hydroxylation is 2. The van der Waals surface area contributed by atoms with Crippen LogP contribution in [-0.2, 0) is 13.1 Å². The van der Waals surface area contributed by atoms with E-state index in [9.17, 15) is 0 Å². The summed E-state index contributed by atoms with van der Waals surface area (Å²) in [6.45, 7) is 6.54. The van der Waals surface area contributed by atoms with Gasteiger partial charge < -0.3 is 43.4 Å². The Labute approximate surface area is 337 Å². The highest BCUT2D eigenvalue weighted by atomic mass is 79.9. The Balaban J connectivity index is 0.00000468. The van der Waals surface area contributed by atoms with Crippen molar-refractivity contribution < 1.29 is 52.6 Å². The molecule has 2 heterocycles. The van der Waals surface area contributed by atoms with Crippen LogP contribution >= 0.6 is 0 Å². The van der Waals surface area contributed by atoms with Gasteiger partial charge in [-0.1, -0.05) is 141 Å². The lowest BCUT2D eigenvalue weighted by Crippen LogP contribution is -3.00. The molecule has 0 unspecified atom stereocenters. The number of unbranched alkanes of at least 4 members (excludes halogenated alkanes) is 18. The van der Waals surface area contributed by atoms with Gasteiger partial charge in [0.1, 0.15) is 11.5 Å². The minimum Gasteiger partial charge on any atom is -1.00 e. The molecule has 0 bridgehead atoms. The van der Waals surface area contributed by atoms with E-state index in [0.29, 0.717) is 0 Å². The minimum absolute atomic E-state index is 0. The Bertz CT molecular complexity index is 1330. The predicted octanol–water partition coefficient (Wildman–Crippen LogP) is 7.36. The minimum atomic E-state index is 0. The first-order chi connectivity index (χ1) is 24.8. The first-order valence-electron chi connectivity index (χ1n) is 20.3. The van der Waals surface area contributed by atoms with Crippen molar-refractivity contribution in [1.29, 1.82) is 0 Å². The Morgan fingerprint density at radius 2 is 0.673 bits per heavy atom. The number of pyridine rings is 2. The average Bonchev–Trinajstić information content (AvgIpc) is 3.15. The molecule has 0 aliphatic carbocycles. The lowest BCUT2D eigenvalue weighted by Gasteiger charge is -2.09. The van der Waals surface area contributed by atoms with Crippen molar-refractivity contribution in [2.75, 3.05) is 0 Å². The Hall–Kier alpha value is -2.70. The molecule has 0 amide bonds. The van der Waals surface area contributed by atoms with E-state index in [1.54, 1.807) is 0 Å². The number of aromatic nitrogens is 2. The molecule has 6 heteroatoms. The standard InChI is InChI=1S/C46H66N2O2.2BrH/c1-3-5-7-9-11-13-15-17-19-23-37-47-39-25-21-27-45(47)49-43-33-29-41(30-34-43)42-31-35-44(36-32-42)50-46-28-22-26-40-48(46)38-24-20-18-16-14-12-10-8-6-4-2;;/h21-22,25-36,39-40H,3-20,23-24,37-38H2,1-2H3;2*1H/q+2;;/p-2. The second-order valence-corrected chi connectivity index (χ2v) is 14.1. The first-order valence-corrected chi connectivity index (χ1v) is 20.3. The molecule has 4 aromatic rings. The quantitative estimate of drug-likeness (QED) is 0.0464. The summed E-state index contributed by atoms with van der Waals surface area (Å²) in [5.41, 5.74) is 2.32. The van der Waals surface area contributed by atoms with Crippen LogP contribution in [0, 0.1) is 0 Å². The van der Waals surface area contributed by atoms with Crippen LogP contribution < -0.4 is 52.6 Å². The molecule has 2 aromatic heterocycles. The second-order valence-electron chi connectivity index (χ2n) is 14.1. The summed E-state index contributed by atoms with van der Waals surface area (Å²) in [5, 5.41) is 0. The summed E-state index contributed by atoms with van der Waals surface area (Å²) in [5.74, 6) is 3.49. The highest BCUT2D eigenvalue weighted by molar-refractivity contribution is 5.65. The molecule has 0 radical (unpaired) electrons. The van der Waals surface area contributed by atoms with Crippen LogP contribution in [0.25, 0.3) is 11.1 Å². The number of nitrogens with zero attached hydrogens (tertiary/aromatic N) is 2. The van der Waals surface area contributed by atoms with Crippen molar-refractivity contribution in [1.82, 2.24) is 0 Å². The van der Waals surface area contributed by atoms with Crippen molar-refractivity contribution in [2.24, 2.45) is 0 Å². The maximum atomic E-state index is 6.35. The topological polar surface area (TPSA) is 26.2 Å². The number of hydrogen-bond acceptors (Lipinski definition) is 2. The molecule has 52 heavy (non-hydrogen) atoms. The van der Waals surface area contributed by atoms with E-state index in [1.807, 2.05) is 0 Å². The molecular weight excluding hydrogens is 772 g/mol. The maximum absolute atomic E-state index is 6.35. The lowest BCUT2D eigenvalue weighted by atomic mass is 10.1. The van der Waals surface area contributed by atoms with Crippen molar-refractivity contribution >= 4 is 0 Å². The molecule has 0 saturated heterocycles. The van der Waals surface area contributed by atoms with Gasteiger partial charge >= 0.3 is 11.8 Å². The van der Waals surface area contributed by atoms with Crippen molar-refractivity contribution in [3.05, 3.63) is 97.3 Å². The monoisotopic (exact) mass is 836 g/mol. The van der Waals surface area contributed by atoms with Crippen LogP contribution in [0.2, 0.25) is 0 Å². The molecule has 4 rings (SSSR count). The smallest absolute Gasteiger partial charge is 0.373 e. The van der Waals surface area contributed by atoms with Crippen LogP contribution in [-0.4, -0.2) is 0 Å². The van der Waals surface area contributed by atoms with Gasteiger partial charge in [-0.25, -0.2) is 0 Å². The molecule has 0 saturated carbocycles. The van der Waals surface area contributed by atoms with Crippen molar-refractivity contribution in [3.63, 3.8) is 0 Å². The van der Waals surface area contributed by atoms with Gasteiger partial charge in [-0.05, 0) is 60.4 Å². The second kappa shape index (κ2) is 28.8. The maximum Gasteiger partial charge on any atom is 0.373 e. The lowest BCUT2D eigenvalue weighted by molar-refractivity contribution is -0.701. The molecule has 0 aliphatic heterocycles. The molecule has 4 nitrogen and oxygen atoms in total. The van der Waals surface area contributed by atoms with E-state index in [0.717, 1.165) is 47.5 Å². The fourth-order valence-electron chi connectivity index (χ4n) is 6.69. The summed E-state index contributed by atoms with van der Waals surface area (Å²) in [6, 6.07) is 29.2. The SMILES string of the molecule is CCCCCCCCCCCC[n+]1ccccc1Oc1ccc(-c2ccc(Oc3cccc[n+]3CCCCCCCCCCCC)cc2)cc1.[Br-].[Br-]. The third-order valence-electron chi connectivity index (χ3n) is 9.79. The van der Waals surface area contributed by atoms with E-state index in [-0.39, 0.29) is 34.0 Å². The number of halogens is 2. The van der Waals surface area contributed by atoms with E-state index in [2.05, 4.69) is 120 Å². The Morgan fingerprint density at radius 3 is 1.00 bits per heavy atom. The normalized spacial score (nSPS) is 10.7. The highest BCUT2D eigenvalue weighted by Gasteiger charge is 2.14. The van der Waals surface area contributed by atoms with Gasteiger partial charge in [-0.2, -0.15) is 9.13 Å². The summed E-state index contributed by atoms with van der Waals surface area (Å²) >= 11 is 0. The van der Waals surface area contributed by atoms with Gasteiger partial charge in [0.15, 0.2) is 25.5 Å². The molecular formula is C46H66Br2N2O2. The van der Waals surface area contributed by atoms with Gasteiger partial charge in [-0.15, -0.1) is 0 Å². The van der Waals surface area contributed by atoms with Crippen molar-refractivity contribution in [2.45, 2.75) is 155 Å². The molecule has 286 valence electrons. The van der Waals surface area contributed by atoms with Gasteiger partial charge in [0, 0.05) is 25.0 Å². The zero-order valence-electron chi connectivity index (χ0n) is 32.3. The average molecular weight is 839 g/mol. The van der Waals surface area contributed by atoms with Crippen LogP contribution in [0.1, 0.15) is 142 Å². The fourth-order valence-corrected chi connectivity index (χ4v) is 6.69. The van der Waals surface area contributed by atoms with Crippen LogP contribution in [0.5, 0.6) is 23.3 Å². The predicted molar refractivity (Wildman–Crippen MR) is 209 cm³/mol. The summed E-state index contributed by atoms with van der Waals surface area (Å²) < 4.78 is 17.2. The summed E-state index contributed by atoms with van der Waals surface area (Å²) in [6.07, 6.45) is 31.2.